The van der Waals surface area contributed by atoms with Gasteiger partial charge >= 0.3 is 17.9 Å². The smallest absolute Gasteiger partial charge is 0.306 e. The second kappa shape index (κ2) is 56.7. The minimum absolute atomic E-state index is 0.0662. The van der Waals surface area contributed by atoms with Gasteiger partial charge in [0.2, 0.25) is 0 Å². The van der Waals surface area contributed by atoms with Crippen LogP contribution >= 0.6 is 0 Å². The van der Waals surface area contributed by atoms with Crippen molar-refractivity contribution in [2.24, 2.45) is 0 Å². The van der Waals surface area contributed by atoms with E-state index >= 15 is 0 Å². The molecule has 0 saturated carbocycles. The van der Waals surface area contributed by atoms with Gasteiger partial charge in [0.25, 0.3) is 0 Å². The Morgan fingerprint density at radius 1 is 0.284 bits per heavy atom. The summed E-state index contributed by atoms with van der Waals surface area (Å²) in [6.45, 7) is 6.69. The first-order valence-electron chi connectivity index (χ1n) is 30.2. The van der Waals surface area contributed by atoms with Crippen molar-refractivity contribution in [3.05, 3.63) is 12.2 Å². The maximum absolute atomic E-state index is 12.9. The zero-order chi connectivity index (χ0) is 48.6. The van der Waals surface area contributed by atoms with Gasteiger partial charge < -0.3 is 14.2 Å². The van der Waals surface area contributed by atoms with E-state index in [1.165, 1.54) is 238 Å². The Labute approximate surface area is 418 Å². The number of carbonyl (C=O) groups excluding carboxylic acids is 3. The summed E-state index contributed by atoms with van der Waals surface area (Å²) in [5.74, 6) is -0.848. The highest BCUT2D eigenvalue weighted by molar-refractivity contribution is 5.71. The van der Waals surface area contributed by atoms with Crippen molar-refractivity contribution in [1.29, 1.82) is 0 Å². The van der Waals surface area contributed by atoms with E-state index in [4.69, 9.17) is 14.2 Å². The average Bonchev–Trinajstić information content (AvgIpc) is 3.33. The molecule has 396 valence electrons. The molecule has 0 fully saturated rings. The number of carbonyl (C=O) groups is 3. The molecule has 0 aliphatic heterocycles. The molecule has 1 atom stereocenters. The number of hydrogen-bond acceptors (Lipinski definition) is 6. The Balaban J connectivity index is 4.29. The molecule has 67 heavy (non-hydrogen) atoms. The predicted molar refractivity (Wildman–Crippen MR) is 289 cm³/mol. The van der Waals surface area contributed by atoms with Crippen LogP contribution < -0.4 is 0 Å². The van der Waals surface area contributed by atoms with Crippen LogP contribution in [0.3, 0.4) is 0 Å². The molecule has 0 saturated heterocycles. The van der Waals surface area contributed by atoms with E-state index in [1.807, 2.05) is 0 Å². The summed E-state index contributed by atoms with van der Waals surface area (Å²) in [4.78, 5) is 38.2. The minimum atomic E-state index is -0.768. The van der Waals surface area contributed by atoms with Crippen molar-refractivity contribution >= 4 is 17.9 Å². The number of rotatable bonds is 56. The summed E-state index contributed by atoms with van der Waals surface area (Å²) in [6, 6.07) is 0. The summed E-state index contributed by atoms with van der Waals surface area (Å²) >= 11 is 0. The first-order chi connectivity index (χ1) is 33.0. The number of ether oxygens (including phenoxy) is 3. The molecule has 6 heteroatoms. The summed E-state index contributed by atoms with van der Waals surface area (Å²) in [5, 5.41) is 0. The van der Waals surface area contributed by atoms with E-state index in [9.17, 15) is 14.4 Å². The van der Waals surface area contributed by atoms with Gasteiger partial charge in [-0.05, 0) is 44.9 Å². The lowest BCUT2D eigenvalue weighted by Gasteiger charge is -2.18. The average molecular weight is 946 g/mol. The molecular weight excluding hydrogens is 829 g/mol. The van der Waals surface area contributed by atoms with E-state index in [2.05, 4.69) is 32.9 Å². The van der Waals surface area contributed by atoms with Gasteiger partial charge in [-0.15, -0.1) is 0 Å². The van der Waals surface area contributed by atoms with Crippen LogP contribution in [0, 0.1) is 0 Å². The van der Waals surface area contributed by atoms with E-state index < -0.39 is 6.10 Å². The van der Waals surface area contributed by atoms with Crippen LogP contribution in [0.25, 0.3) is 0 Å². The predicted octanol–water partition coefficient (Wildman–Crippen LogP) is 20.1. The highest BCUT2D eigenvalue weighted by Crippen LogP contribution is 2.18. The Morgan fingerprint density at radius 2 is 0.493 bits per heavy atom. The number of unbranched alkanes of at least 4 members (excludes halogenated alkanes) is 43. The van der Waals surface area contributed by atoms with E-state index in [1.54, 1.807) is 0 Å². The third-order valence-corrected chi connectivity index (χ3v) is 13.8. The Hall–Kier alpha value is -1.85. The molecule has 0 aromatic heterocycles. The third kappa shape index (κ3) is 55.0. The third-order valence-electron chi connectivity index (χ3n) is 13.8. The quantitative estimate of drug-likeness (QED) is 0.0262. The highest BCUT2D eigenvalue weighted by Gasteiger charge is 2.19. The van der Waals surface area contributed by atoms with Crippen LogP contribution in [0.15, 0.2) is 12.2 Å². The lowest BCUT2D eigenvalue weighted by atomic mass is 10.0. The summed E-state index contributed by atoms with van der Waals surface area (Å²) in [6.07, 6.45) is 64.9. The van der Waals surface area contributed by atoms with Crippen molar-refractivity contribution in [3.63, 3.8) is 0 Å². The fraction of sp³-hybridized carbons (Fsp3) is 0.918. The van der Waals surface area contributed by atoms with Crippen molar-refractivity contribution in [2.45, 2.75) is 348 Å². The molecule has 0 spiro atoms. The van der Waals surface area contributed by atoms with E-state index in [0.29, 0.717) is 19.3 Å². The molecule has 6 nitrogen and oxygen atoms in total. The molecule has 0 radical (unpaired) electrons. The summed E-state index contributed by atoms with van der Waals surface area (Å²) in [5.41, 5.74) is 0. The Kier molecular flexibility index (Phi) is 55.2. The maximum atomic E-state index is 12.9. The van der Waals surface area contributed by atoms with Gasteiger partial charge in [-0.1, -0.05) is 290 Å². The molecular formula is C61H116O6. The largest absolute Gasteiger partial charge is 0.462 e. The fourth-order valence-corrected chi connectivity index (χ4v) is 9.21. The number of allylic oxidation sites excluding steroid dienone is 2. The Morgan fingerprint density at radius 3 is 0.746 bits per heavy atom. The normalized spacial score (nSPS) is 12.0. The molecule has 0 aliphatic rings. The summed E-state index contributed by atoms with van der Waals surface area (Å²) in [7, 11) is 0. The van der Waals surface area contributed by atoms with Crippen molar-refractivity contribution in [1.82, 2.24) is 0 Å². The van der Waals surface area contributed by atoms with Gasteiger partial charge in [0.15, 0.2) is 6.10 Å². The lowest BCUT2D eigenvalue weighted by Crippen LogP contribution is -2.30. The van der Waals surface area contributed by atoms with E-state index in [0.717, 1.165) is 64.2 Å². The van der Waals surface area contributed by atoms with Crippen LogP contribution in [0.4, 0.5) is 0 Å². The first-order valence-corrected chi connectivity index (χ1v) is 30.2. The van der Waals surface area contributed by atoms with Crippen molar-refractivity contribution < 1.29 is 28.6 Å². The minimum Gasteiger partial charge on any atom is -0.462 e. The van der Waals surface area contributed by atoms with Gasteiger partial charge in [0, 0.05) is 19.3 Å². The number of hydrogen-bond donors (Lipinski definition) is 0. The lowest BCUT2D eigenvalue weighted by molar-refractivity contribution is -0.167. The molecule has 0 aliphatic carbocycles. The van der Waals surface area contributed by atoms with Crippen molar-refractivity contribution in [3.8, 4) is 0 Å². The Bertz CT molecular complexity index is 1040. The van der Waals surface area contributed by atoms with Crippen LogP contribution in [0.1, 0.15) is 342 Å². The van der Waals surface area contributed by atoms with E-state index in [-0.39, 0.29) is 31.1 Å². The van der Waals surface area contributed by atoms with Gasteiger partial charge in [-0.25, -0.2) is 0 Å². The standard InChI is InChI=1S/C61H116O6/c1-4-7-10-13-16-19-22-25-28-30-31-32-34-36-39-42-45-48-51-54-60(63)66-57-58(56-65-59(62)53-50-47-44-41-38-35-27-24-21-18-15-12-9-6-3)67-61(64)55-52-49-46-43-40-37-33-29-26-23-20-17-14-11-8-5-2/h24,27,58H,4-23,25-26,28-57H2,1-3H3/b27-24-/t58-/m1/s1. The van der Waals surface area contributed by atoms with Gasteiger partial charge in [-0.3, -0.25) is 14.4 Å². The molecule has 0 amide bonds. The SMILES string of the molecule is CCCCCCC/C=C\CCCCCCCC(=O)OC[C@H](COC(=O)CCCCCCCCCCCCCCCCCCCCC)OC(=O)CCCCCCCCCCCCCCCCCC. The second-order valence-electron chi connectivity index (χ2n) is 20.6. The molecule has 0 bridgehead atoms. The molecule has 0 rings (SSSR count). The monoisotopic (exact) mass is 945 g/mol. The second-order valence-corrected chi connectivity index (χ2v) is 20.6. The highest BCUT2D eigenvalue weighted by atomic mass is 16.6. The fourth-order valence-electron chi connectivity index (χ4n) is 9.21. The van der Waals surface area contributed by atoms with Crippen LogP contribution in [0.2, 0.25) is 0 Å². The molecule has 0 heterocycles. The first kappa shape index (κ1) is 65.1. The molecule has 0 N–H and O–H groups in total. The zero-order valence-corrected chi connectivity index (χ0v) is 45.5. The molecule has 0 aromatic rings. The van der Waals surface area contributed by atoms with Gasteiger partial charge in [0.1, 0.15) is 13.2 Å². The van der Waals surface area contributed by atoms with Crippen LogP contribution in [-0.2, 0) is 28.6 Å². The van der Waals surface area contributed by atoms with Gasteiger partial charge in [0.05, 0.1) is 0 Å². The van der Waals surface area contributed by atoms with Gasteiger partial charge in [-0.2, -0.15) is 0 Å². The number of esters is 3. The van der Waals surface area contributed by atoms with Crippen LogP contribution in [-0.4, -0.2) is 37.2 Å². The summed E-state index contributed by atoms with van der Waals surface area (Å²) < 4.78 is 16.9. The van der Waals surface area contributed by atoms with Crippen molar-refractivity contribution in [2.75, 3.05) is 13.2 Å². The molecule has 0 unspecified atom stereocenters. The zero-order valence-electron chi connectivity index (χ0n) is 45.5. The van der Waals surface area contributed by atoms with Crippen LogP contribution in [0.5, 0.6) is 0 Å². The maximum Gasteiger partial charge on any atom is 0.306 e. The topological polar surface area (TPSA) is 78.9 Å². The molecule has 0 aromatic carbocycles.